The summed E-state index contributed by atoms with van der Waals surface area (Å²) in [7, 11) is 0. The van der Waals surface area contributed by atoms with Gasteiger partial charge in [0, 0.05) is 5.54 Å². The van der Waals surface area contributed by atoms with E-state index in [4.69, 9.17) is 4.98 Å². The molecule has 0 aliphatic rings. The van der Waals surface area contributed by atoms with Crippen molar-refractivity contribution < 1.29 is 0 Å². The monoisotopic (exact) mass is 322 g/mol. The van der Waals surface area contributed by atoms with E-state index in [-0.39, 0.29) is 5.54 Å². The van der Waals surface area contributed by atoms with Crippen LogP contribution < -0.4 is 4.72 Å². The fraction of sp³-hybridized carbons (Fsp3) is 0.588. The molecule has 0 fully saturated rings. The molecule has 2 nitrogen and oxygen atoms in total. The molecular weight excluding hydrogens is 296 g/mol. The topological polar surface area (TPSA) is 24.9 Å². The van der Waals surface area contributed by atoms with E-state index in [1.54, 1.807) is 23.3 Å². The number of hydrogen-bond acceptors (Lipinski definition) is 4. The van der Waals surface area contributed by atoms with Crippen LogP contribution in [0.5, 0.6) is 0 Å². The van der Waals surface area contributed by atoms with Crippen LogP contribution in [0, 0.1) is 0 Å². The average molecular weight is 323 g/mol. The zero-order valence-corrected chi connectivity index (χ0v) is 15.2. The Morgan fingerprint density at radius 3 is 2.76 bits per heavy atom. The Balaban J connectivity index is 2.07. The highest BCUT2D eigenvalue weighted by molar-refractivity contribution is 7.99. The molecular formula is C17H26N2S2. The average Bonchev–Trinajstić information content (AvgIpc) is 2.88. The summed E-state index contributed by atoms with van der Waals surface area (Å²) >= 11 is 3.48. The van der Waals surface area contributed by atoms with Crippen molar-refractivity contribution in [2.45, 2.75) is 69.7 Å². The van der Waals surface area contributed by atoms with Gasteiger partial charge in [-0.15, -0.1) is 11.3 Å². The zero-order chi connectivity index (χ0) is 15.3. The quantitative estimate of drug-likeness (QED) is 0.620. The molecule has 0 radical (unpaired) electrons. The van der Waals surface area contributed by atoms with E-state index in [0.29, 0.717) is 0 Å². The van der Waals surface area contributed by atoms with Gasteiger partial charge in [0.1, 0.15) is 0 Å². The Morgan fingerprint density at radius 2 is 2.05 bits per heavy atom. The molecule has 1 aromatic carbocycles. The molecule has 21 heavy (non-hydrogen) atoms. The zero-order valence-electron chi connectivity index (χ0n) is 13.5. The molecule has 2 rings (SSSR count). The maximum Gasteiger partial charge on any atom is 0.166 e. The van der Waals surface area contributed by atoms with Gasteiger partial charge in [-0.25, -0.2) is 4.98 Å². The van der Waals surface area contributed by atoms with Crippen molar-refractivity contribution in [2.24, 2.45) is 0 Å². The number of benzene rings is 1. The van der Waals surface area contributed by atoms with Crippen LogP contribution in [0.15, 0.2) is 22.5 Å². The van der Waals surface area contributed by atoms with Gasteiger partial charge in [-0.2, -0.15) is 0 Å². The summed E-state index contributed by atoms with van der Waals surface area (Å²) in [5, 5.41) is 0. The molecule has 0 aliphatic carbocycles. The molecule has 0 amide bonds. The van der Waals surface area contributed by atoms with Crippen molar-refractivity contribution in [1.29, 1.82) is 0 Å². The number of thiazole rings is 1. The molecule has 0 spiro atoms. The molecule has 0 aliphatic heterocycles. The molecule has 0 bridgehead atoms. The van der Waals surface area contributed by atoms with E-state index in [1.807, 2.05) is 0 Å². The highest BCUT2D eigenvalue weighted by Gasteiger charge is 2.18. The van der Waals surface area contributed by atoms with Crippen molar-refractivity contribution in [2.75, 3.05) is 0 Å². The molecule has 0 saturated heterocycles. The summed E-state index contributed by atoms with van der Waals surface area (Å²) in [6.07, 6.45) is 5.99. The second-order valence-electron chi connectivity index (χ2n) is 6.19. The largest absolute Gasteiger partial charge is 0.252 e. The lowest BCUT2D eigenvalue weighted by atomic mass is 9.99. The normalized spacial score (nSPS) is 12.2. The summed E-state index contributed by atoms with van der Waals surface area (Å²) in [4.78, 5) is 4.83. The molecule has 0 saturated carbocycles. The standard InChI is InChI=1S/C17H26N2S2/c1-5-7-12-17(3,4)19-21-16-18-15-13(9-6-2)10-8-11-14(15)20-16/h8,10-11,19H,5-7,9,12H2,1-4H3. The van der Waals surface area contributed by atoms with Crippen LogP contribution in [-0.2, 0) is 6.42 Å². The third kappa shape index (κ3) is 4.70. The van der Waals surface area contributed by atoms with E-state index in [0.717, 1.165) is 10.8 Å². The van der Waals surface area contributed by atoms with Crippen molar-refractivity contribution >= 4 is 33.5 Å². The lowest BCUT2D eigenvalue weighted by molar-refractivity contribution is 0.425. The summed E-state index contributed by atoms with van der Waals surface area (Å²) < 4.78 is 6.01. The van der Waals surface area contributed by atoms with Crippen LogP contribution in [0.25, 0.3) is 10.2 Å². The predicted octanol–water partition coefficient (Wildman–Crippen LogP) is 5.81. The third-order valence-corrected chi connectivity index (χ3v) is 5.81. The number of nitrogens with zero attached hydrogens (tertiary/aromatic N) is 1. The minimum absolute atomic E-state index is 0.158. The Labute approximate surface area is 136 Å². The van der Waals surface area contributed by atoms with Gasteiger partial charge >= 0.3 is 0 Å². The number of hydrogen-bond donors (Lipinski definition) is 1. The number of fused-ring (bicyclic) bond motifs is 1. The number of rotatable bonds is 8. The minimum atomic E-state index is 0.158. The van der Waals surface area contributed by atoms with Gasteiger partial charge in [0.2, 0.25) is 0 Å². The van der Waals surface area contributed by atoms with Crippen LogP contribution in [0.1, 0.15) is 58.9 Å². The van der Waals surface area contributed by atoms with Gasteiger partial charge in [-0.1, -0.05) is 45.2 Å². The molecule has 0 unspecified atom stereocenters. The SMILES string of the molecule is CCCCC(C)(C)NSc1nc2c(CCC)cccc2s1. The fourth-order valence-electron chi connectivity index (χ4n) is 2.35. The van der Waals surface area contributed by atoms with Crippen molar-refractivity contribution in [1.82, 2.24) is 9.71 Å². The molecule has 2 aromatic rings. The first kappa shape index (κ1) is 16.8. The predicted molar refractivity (Wildman–Crippen MR) is 96.2 cm³/mol. The lowest BCUT2D eigenvalue weighted by Crippen LogP contribution is -2.33. The van der Waals surface area contributed by atoms with Crippen molar-refractivity contribution in [3.63, 3.8) is 0 Å². The van der Waals surface area contributed by atoms with Crippen molar-refractivity contribution in [3.05, 3.63) is 23.8 Å². The molecule has 0 atom stereocenters. The molecule has 4 heteroatoms. The smallest absolute Gasteiger partial charge is 0.166 e. The van der Waals surface area contributed by atoms with Gasteiger partial charge in [-0.3, -0.25) is 4.72 Å². The fourth-order valence-corrected chi connectivity index (χ4v) is 4.26. The minimum Gasteiger partial charge on any atom is -0.252 e. The van der Waals surface area contributed by atoms with E-state index in [1.165, 1.54) is 41.5 Å². The van der Waals surface area contributed by atoms with Crippen LogP contribution >= 0.6 is 23.3 Å². The number of unbranched alkanes of at least 4 members (excludes halogenated alkanes) is 1. The first-order chi connectivity index (χ1) is 10.1. The molecule has 1 heterocycles. The third-order valence-electron chi connectivity index (χ3n) is 3.57. The highest BCUT2D eigenvalue weighted by atomic mass is 32.2. The number of para-hydroxylation sites is 1. The van der Waals surface area contributed by atoms with Crippen molar-refractivity contribution in [3.8, 4) is 0 Å². The first-order valence-corrected chi connectivity index (χ1v) is 9.51. The van der Waals surface area contributed by atoms with Crippen LogP contribution in [-0.4, -0.2) is 10.5 Å². The summed E-state index contributed by atoms with van der Waals surface area (Å²) in [6, 6.07) is 6.54. The van der Waals surface area contributed by atoms with Gasteiger partial charge in [0.15, 0.2) is 4.34 Å². The summed E-state index contributed by atoms with van der Waals surface area (Å²) in [5.74, 6) is 0. The number of aryl methyl sites for hydroxylation is 1. The number of nitrogens with one attached hydrogen (secondary N) is 1. The van der Waals surface area contributed by atoms with Gasteiger partial charge in [0.05, 0.1) is 10.2 Å². The molecule has 1 aromatic heterocycles. The molecule has 1 N–H and O–H groups in total. The van der Waals surface area contributed by atoms with E-state index in [2.05, 4.69) is 50.6 Å². The second kappa shape index (κ2) is 7.61. The Morgan fingerprint density at radius 1 is 1.24 bits per heavy atom. The van der Waals surface area contributed by atoms with Gasteiger partial charge in [0.25, 0.3) is 0 Å². The van der Waals surface area contributed by atoms with E-state index >= 15 is 0 Å². The second-order valence-corrected chi connectivity index (χ2v) is 8.27. The van der Waals surface area contributed by atoms with Gasteiger partial charge < -0.3 is 0 Å². The highest BCUT2D eigenvalue weighted by Crippen LogP contribution is 2.32. The number of aromatic nitrogens is 1. The Bertz CT molecular complexity index is 575. The first-order valence-electron chi connectivity index (χ1n) is 7.88. The Hall–Kier alpha value is -0.580. The van der Waals surface area contributed by atoms with Crippen LogP contribution in [0.4, 0.5) is 0 Å². The van der Waals surface area contributed by atoms with E-state index in [9.17, 15) is 0 Å². The lowest BCUT2D eigenvalue weighted by Gasteiger charge is -2.24. The summed E-state index contributed by atoms with van der Waals surface area (Å²) in [6.45, 7) is 9.00. The van der Waals surface area contributed by atoms with Gasteiger partial charge in [-0.05, 0) is 50.3 Å². The maximum atomic E-state index is 4.83. The van der Waals surface area contributed by atoms with Crippen LogP contribution in [0.3, 0.4) is 0 Å². The summed E-state index contributed by atoms with van der Waals surface area (Å²) in [5.41, 5.74) is 2.73. The molecule has 116 valence electrons. The maximum absolute atomic E-state index is 4.83. The Kier molecular flexibility index (Phi) is 6.08. The van der Waals surface area contributed by atoms with E-state index < -0.39 is 0 Å². The van der Waals surface area contributed by atoms with Crippen LogP contribution in [0.2, 0.25) is 0 Å².